The van der Waals surface area contributed by atoms with E-state index in [-0.39, 0.29) is 6.42 Å². The summed E-state index contributed by atoms with van der Waals surface area (Å²) in [6.07, 6.45) is 0.0978. The van der Waals surface area contributed by atoms with Crippen molar-refractivity contribution < 1.29 is 44.4 Å². The highest BCUT2D eigenvalue weighted by atomic mass is 16.4. The van der Waals surface area contributed by atoms with Crippen LogP contribution in [0.4, 0.5) is 0 Å². The van der Waals surface area contributed by atoms with Crippen LogP contribution in [-0.4, -0.2) is 97.6 Å². The summed E-state index contributed by atoms with van der Waals surface area (Å²) in [5, 5.41) is 36.5. The van der Waals surface area contributed by atoms with Crippen molar-refractivity contribution in [3.05, 3.63) is 0 Å². The molecule has 0 aliphatic carbocycles. The number of hydrogen-bond donors (Lipinski definition) is 4. The second-order valence-electron chi connectivity index (χ2n) is 8.33. The van der Waals surface area contributed by atoms with E-state index < -0.39 is 72.8 Å². The number of carbonyl (C=O) groups is 5. The largest absolute Gasteiger partial charge is 0.480 e. The number of hydrogen-bond acceptors (Lipinski definition) is 7. The fourth-order valence-corrected chi connectivity index (χ4v) is 4.02. The first kappa shape index (κ1) is 26.5. The number of carboxylic acid groups (broad SMARTS) is 4. The van der Waals surface area contributed by atoms with E-state index in [1.54, 1.807) is 27.7 Å². The molecule has 0 saturated carbocycles. The molecule has 0 rings (SSSR count). The molecule has 0 heterocycles. The average Bonchev–Trinajstić information content (AvgIpc) is 2.41. The van der Waals surface area contributed by atoms with Crippen LogP contribution in [0.3, 0.4) is 0 Å². The molecule has 0 fully saturated rings. The van der Waals surface area contributed by atoms with Gasteiger partial charge >= 0.3 is 23.9 Å². The number of carbonyl (C=O) groups excluding carboxylic acids is 1. The Morgan fingerprint density at radius 3 is 1.34 bits per heavy atom. The Labute approximate surface area is 168 Å². The van der Waals surface area contributed by atoms with E-state index in [1.807, 2.05) is 0 Å². The molecule has 1 unspecified atom stereocenters. The molecule has 0 amide bonds. The maximum atomic E-state index is 12.4. The van der Waals surface area contributed by atoms with Gasteiger partial charge in [0.1, 0.15) is 5.78 Å². The molecule has 0 aromatic carbocycles. The highest BCUT2D eigenvalue weighted by molar-refractivity contribution is 5.84. The van der Waals surface area contributed by atoms with E-state index >= 15 is 0 Å². The number of aliphatic carboxylic acids is 4. The number of nitrogens with zero attached hydrogens (tertiary/aromatic N) is 2. The lowest BCUT2D eigenvalue weighted by Gasteiger charge is -2.46. The van der Waals surface area contributed by atoms with E-state index in [0.717, 1.165) is 4.90 Å². The second kappa shape index (κ2) is 10.3. The molecule has 0 saturated heterocycles. The van der Waals surface area contributed by atoms with E-state index in [9.17, 15) is 24.0 Å². The van der Waals surface area contributed by atoms with Crippen molar-refractivity contribution in [3.63, 3.8) is 0 Å². The van der Waals surface area contributed by atoms with E-state index in [2.05, 4.69) is 0 Å². The van der Waals surface area contributed by atoms with Gasteiger partial charge in [-0.2, -0.15) is 0 Å². The molecular formula is C18H30N2O9. The summed E-state index contributed by atoms with van der Waals surface area (Å²) in [6.45, 7) is 5.30. The van der Waals surface area contributed by atoms with Crippen LogP contribution in [0.15, 0.2) is 0 Å². The van der Waals surface area contributed by atoms with Crippen LogP contribution in [0, 0.1) is 5.41 Å². The highest BCUT2D eigenvalue weighted by Crippen LogP contribution is 2.37. The van der Waals surface area contributed by atoms with Gasteiger partial charge in [0.2, 0.25) is 0 Å². The maximum absolute atomic E-state index is 12.4. The third kappa shape index (κ3) is 9.01. The third-order valence-corrected chi connectivity index (χ3v) is 4.56. The fourth-order valence-electron chi connectivity index (χ4n) is 4.02. The smallest absolute Gasteiger partial charge is 0.317 e. The lowest BCUT2D eigenvalue weighted by atomic mass is 9.72. The van der Waals surface area contributed by atoms with Crippen molar-refractivity contribution in [2.24, 2.45) is 5.41 Å². The minimum absolute atomic E-state index is 0.0978. The predicted octanol–water partition coefficient (Wildman–Crippen LogP) is 0.0813. The molecule has 0 radical (unpaired) electrons. The molecule has 0 bridgehead atoms. The Kier molecular flexibility index (Phi) is 9.41. The minimum atomic E-state index is -1.30. The zero-order chi connectivity index (χ0) is 23.2. The minimum Gasteiger partial charge on any atom is -0.480 e. The number of Topliss-reactive ketones (excluding diaryl/α,β-unsaturated/α-hetero) is 1. The SMILES string of the molecule is CC(=O)C(N(CC(=O)O)CC(=O)O)C(C)(C)CC(C)(C)N(CC(=O)O)CC(=O)O. The van der Waals surface area contributed by atoms with Crippen LogP contribution in [0.25, 0.3) is 0 Å². The van der Waals surface area contributed by atoms with Crippen molar-refractivity contribution in [2.75, 3.05) is 26.2 Å². The Morgan fingerprint density at radius 1 is 0.724 bits per heavy atom. The zero-order valence-electron chi connectivity index (χ0n) is 17.3. The number of rotatable bonds is 14. The number of carboxylic acids is 4. The second-order valence-corrected chi connectivity index (χ2v) is 8.33. The van der Waals surface area contributed by atoms with Crippen LogP contribution in [-0.2, 0) is 24.0 Å². The molecule has 0 aliphatic heterocycles. The Morgan fingerprint density at radius 2 is 1.07 bits per heavy atom. The highest BCUT2D eigenvalue weighted by Gasteiger charge is 2.44. The van der Waals surface area contributed by atoms with Gasteiger partial charge in [-0.05, 0) is 32.6 Å². The van der Waals surface area contributed by atoms with Crippen LogP contribution in [0.5, 0.6) is 0 Å². The molecule has 166 valence electrons. The third-order valence-electron chi connectivity index (χ3n) is 4.56. The first-order valence-corrected chi connectivity index (χ1v) is 8.86. The predicted molar refractivity (Wildman–Crippen MR) is 101 cm³/mol. The lowest BCUT2D eigenvalue weighted by Crippen LogP contribution is -2.57. The van der Waals surface area contributed by atoms with Gasteiger partial charge in [-0.3, -0.25) is 33.8 Å². The van der Waals surface area contributed by atoms with Crippen molar-refractivity contribution in [2.45, 2.75) is 52.6 Å². The van der Waals surface area contributed by atoms with Gasteiger partial charge in [-0.1, -0.05) is 13.8 Å². The topological polar surface area (TPSA) is 173 Å². The lowest BCUT2D eigenvalue weighted by molar-refractivity contribution is -0.150. The summed E-state index contributed by atoms with van der Waals surface area (Å²) in [7, 11) is 0. The van der Waals surface area contributed by atoms with Gasteiger partial charge in [-0.25, -0.2) is 0 Å². The fraction of sp³-hybridized carbons (Fsp3) is 0.722. The standard InChI is InChI=1S/C18H30N2O9/c1-11(21)16(19(6-12(22)23)7-13(24)25)17(2,3)10-18(4,5)20(8-14(26)27)9-15(28)29/h16H,6-10H2,1-5H3,(H,22,23)(H,24,25)(H,26,27)(H,28,29). The molecule has 0 aromatic rings. The summed E-state index contributed by atoms with van der Waals surface area (Å²) in [5.41, 5.74) is -2.01. The van der Waals surface area contributed by atoms with Gasteiger partial charge in [-0.15, -0.1) is 0 Å². The zero-order valence-corrected chi connectivity index (χ0v) is 17.3. The Bertz CT molecular complexity index is 626. The van der Waals surface area contributed by atoms with Crippen molar-refractivity contribution in [3.8, 4) is 0 Å². The molecule has 4 N–H and O–H groups in total. The van der Waals surface area contributed by atoms with Crippen LogP contribution in [0.2, 0.25) is 0 Å². The summed E-state index contributed by atoms with van der Waals surface area (Å²) in [4.78, 5) is 59.4. The van der Waals surface area contributed by atoms with Gasteiger partial charge in [0.05, 0.1) is 32.2 Å². The monoisotopic (exact) mass is 418 g/mol. The van der Waals surface area contributed by atoms with Gasteiger partial charge in [0, 0.05) is 5.54 Å². The van der Waals surface area contributed by atoms with Crippen molar-refractivity contribution in [1.29, 1.82) is 0 Å². The maximum Gasteiger partial charge on any atom is 0.317 e. The molecule has 11 nitrogen and oxygen atoms in total. The molecule has 29 heavy (non-hydrogen) atoms. The first-order chi connectivity index (χ1) is 13.0. The van der Waals surface area contributed by atoms with Gasteiger partial charge in [0.25, 0.3) is 0 Å². The van der Waals surface area contributed by atoms with Crippen LogP contribution in [0.1, 0.15) is 41.0 Å². The van der Waals surface area contributed by atoms with Crippen LogP contribution < -0.4 is 0 Å². The molecule has 0 spiro atoms. The Balaban J connectivity index is 5.97. The summed E-state index contributed by atoms with van der Waals surface area (Å²) in [5.74, 6) is -5.49. The van der Waals surface area contributed by atoms with E-state index in [4.69, 9.17) is 20.4 Å². The molecular weight excluding hydrogens is 388 g/mol. The Hall–Kier alpha value is -2.53. The van der Waals surface area contributed by atoms with E-state index in [1.165, 1.54) is 11.8 Å². The number of ketones is 1. The van der Waals surface area contributed by atoms with Gasteiger partial charge in [0.15, 0.2) is 0 Å². The van der Waals surface area contributed by atoms with Gasteiger partial charge < -0.3 is 20.4 Å². The van der Waals surface area contributed by atoms with Crippen LogP contribution >= 0.6 is 0 Å². The quantitative estimate of drug-likeness (QED) is 0.301. The first-order valence-electron chi connectivity index (χ1n) is 8.86. The summed E-state index contributed by atoms with van der Waals surface area (Å²) in [6, 6.07) is -1.09. The average molecular weight is 418 g/mol. The molecule has 1 atom stereocenters. The molecule has 11 heteroatoms. The van der Waals surface area contributed by atoms with Crippen molar-refractivity contribution in [1.82, 2.24) is 9.80 Å². The normalized spacial score (nSPS) is 13.3. The summed E-state index contributed by atoms with van der Waals surface area (Å²) >= 11 is 0. The van der Waals surface area contributed by atoms with Crippen molar-refractivity contribution >= 4 is 29.7 Å². The molecule has 0 aliphatic rings. The molecule has 0 aromatic heterocycles. The van der Waals surface area contributed by atoms with E-state index in [0.29, 0.717) is 0 Å². The summed E-state index contributed by atoms with van der Waals surface area (Å²) < 4.78 is 0.